The first kappa shape index (κ1) is 13.2. The Hall–Kier alpha value is -1.76. The van der Waals surface area contributed by atoms with Crippen LogP contribution >= 0.6 is 0 Å². The van der Waals surface area contributed by atoms with Crippen molar-refractivity contribution >= 4 is 11.9 Å². The third-order valence-corrected chi connectivity index (χ3v) is 3.90. The van der Waals surface area contributed by atoms with Gasteiger partial charge in [0.05, 0.1) is 31.0 Å². The first-order valence-electron chi connectivity index (χ1n) is 6.74. The van der Waals surface area contributed by atoms with E-state index in [0.29, 0.717) is 24.8 Å². The number of rotatable bonds is 3. The van der Waals surface area contributed by atoms with Crippen molar-refractivity contribution in [3.63, 3.8) is 0 Å². The minimum Gasteiger partial charge on any atom is -0.372 e. The second kappa shape index (κ2) is 5.32. The number of anilines is 1. The van der Waals surface area contributed by atoms with E-state index in [9.17, 15) is 9.18 Å². The number of carbonyl (C=O) groups is 1. The lowest BCUT2D eigenvalue weighted by Gasteiger charge is -2.18. The summed E-state index contributed by atoms with van der Waals surface area (Å²) in [5.74, 6) is 0.495. The van der Waals surface area contributed by atoms with Crippen LogP contribution in [0.5, 0.6) is 0 Å². The molecular weight excluding hydrogens is 263 g/mol. The molecule has 7 heteroatoms. The van der Waals surface area contributed by atoms with Gasteiger partial charge in [0.15, 0.2) is 5.82 Å². The Morgan fingerprint density at radius 2 is 2.25 bits per heavy atom. The average molecular weight is 280 g/mol. The molecule has 108 valence electrons. The zero-order chi connectivity index (χ0) is 14.1. The first-order chi connectivity index (χ1) is 9.65. The minimum atomic E-state index is -0.435. The van der Waals surface area contributed by atoms with E-state index in [1.165, 1.54) is 12.4 Å². The molecule has 0 aliphatic carbocycles. The highest BCUT2D eigenvalue weighted by atomic mass is 19.1. The summed E-state index contributed by atoms with van der Waals surface area (Å²) in [5, 5.41) is 2.61. The molecule has 0 unspecified atom stereocenters. The second-order valence-electron chi connectivity index (χ2n) is 5.28. The Bertz CT molecular complexity index is 482. The van der Waals surface area contributed by atoms with Crippen molar-refractivity contribution < 1.29 is 13.9 Å². The summed E-state index contributed by atoms with van der Waals surface area (Å²) in [6, 6.07) is 0. The Morgan fingerprint density at radius 3 is 2.90 bits per heavy atom. The maximum absolute atomic E-state index is 12.8. The van der Waals surface area contributed by atoms with E-state index in [-0.39, 0.29) is 18.1 Å². The van der Waals surface area contributed by atoms with Crippen LogP contribution in [0, 0.1) is 11.7 Å². The monoisotopic (exact) mass is 280 g/mol. The molecular formula is C13H17FN4O2. The van der Waals surface area contributed by atoms with Crippen LogP contribution in [-0.2, 0) is 9.53 Å². The Morgan fingerprint density at radius 1 is 1.50 bits per heavy atom. The van der Waals surface area contributed by atoms with Gasteiger partial charge in [0, 0.05) is 26.1 Å². The van der Waals surface area contributed by atoms with Gasteiger partial charge in [0.1, 0.15) is 0 Å². The summed E-state index contributed by atoms with van der Waals surface area (Å²) in [6.45, 7) is 1.49. The molecule has 2 aliphatic heterocycles. The summed E-state index contributed by atoms with van der Waals surface area (Å²) in [6.07, 6.45) is 3.74. The summed E-state index contributed by atoms with van der Waals surface area (Å²) in [5.41, 5.74) is 0. The van der Waals surface area contributed by atoms with E-state index in [2.05, 4.69) is 15.3 Å². The highest BCUT2D eigenvalue weighted by Gasteiger charge is 2.43. The van der Waals surface area contributed by atoms with Gasteiger partial charge >= 0.3 is 0 Å². The number of nitrogens with zero attached hydrogens (tertiary/aromatic N) is 3. The lowest BCUT2D eigenvalue weighted by molar-refractivity contribution is -0.123. The van der Waals surface area contributed by atoms with Crippen molar-refractivity contribution in [3.05, 3.63) is 18.2 Å². The van der Waals surface area contributed by atoms with Gasteiger partial charge in [-0.15, -0.1) is 0 Å². The van der Waals surface area contributed by atoms with Gasteiger partial charge in [0.2, 0.25) is 11.9 Å². The fraction of sp³-hybridized carbons (Fsp3) is 0.615. The lowest BCUT2D eigenvalue weighted by atomic mass is 10.0. The topological polar surface area (TPSA) is 67.4 Å². The van der Waals surface area contributed by atoms with Crippen molar-refractivity contribution in [2.75, 3.05) is 25.0 Å². The molecule has 3 heterocycles. The van der Waals surface area contributed by atoms with Crippen LogP contribution < -0.4 is 10.2 Å². The number of halogens is 1. The molecule has 0 aromatic carbocycles. The molecule has 20 heavy (non-hydrogen) atoms. The molecule has 1 aromatic heterocycles. The molecule has 3 atom stereocenters. The van der Waals surface area contributed by atoms with Gasteiger partial charge in [-0.05, 0) is 6.42 Å². The average Bonchev–Trinajstić information content (AvgIpc) is 2.97. The molecule has 3 rings (SSSR count). The van der Waals surface area contributed by atoms with Crippen LogP contribution in [0.3, 0.4) is 0 Å². The SMILES string of the molecule is CNC(=O)C[C@@H]1C[C@@H]2CN(c3ncc(F)cn3)C[C@@H]2O1. The molecule has 1 aromatic rings. The fourth-order valence-electron chi connectivity index (χ4n) is 2.93. The highest BCUT2D eigenvalue weighted by Crippen LogP contribution is 2.35. The Balaban J connectivity index is 1.58. The van der Waals surface area contributed by atoms with Crippen molar-refractivity contribution in [2.45, 2.75) is 25.0 Å². The van der Waals surface area contributed by atoms with E-state index in [0.717, 1.165) is 13.0 Å². The summed E-state index contributed by atoms with van der Waals surface area (Å²) in [4.78, 5) is 21.3. The van der Waals surface area contributed by atoms with E-state index in [1.807, 2.05) is 4.90 Å². The predicted octanol–water partition coefficient (Wildman–Crippen LogP) is 0.345. The molecule has 6 nitrogen and oxygen atoms in total. The van der Waals surface area contributed by atoms with Crippen LogP contribution in [0.2, 0.25) is 0 Å². The predicted molar refractivity (Wildman–Crippen MR) is 69.7 cm³/mol. The van der Waals surface area contributed by atoms with Gasteiger partial charge in [-0.3, -0.25) is 4.79 Å². The van der Waals surface area contributed by atoms with Crippen molar-refractivity contribution in [2.24, 2.45) is 5.92 Å². The third kappa shape index (κ3) is 2.58. The van der Waals surface area contributed by atoms with Gasteiger partial charge in [-0.1, -0.05) is 0 Å². The summed E-state index contributed by atoms with van der Waals surface area (Å²) < 4.78 is 18.7. The smallest absolute Gasteiger partial charge is 0.225 e. The minimum absolute atomic E-state index is 0.00114. The second-order valence-corrected chi connectivity index (χ2v) is 5.28. The van der Waals surface area contributed by atoms with Gasteiger partial charge in [0.25, 0.3) is 0 Å². The quantitative estimate of drug-likeness (QED) is 0.865. The molecule has 1 amide bonds. The zero-order valence-corrected chi connectivity index (χ0v) is 11.3. The fourth-order valence-corrected chi connectivity index (χ4v) is 2.93. The maximum atomic E-state index is 12.8. The van der Waals surface area contributed by atoms with E-state index in [4.69, 9.17) is 4.74 Å². The van der Waals surface area contributed by atoms with Crippen LogP contribution in [0.4, 0.5) is 10.3 Å². The number of amides is 1. The summed E-state index contributed by atoms with van der Waals surface area (Å²) >= 11 is 0. The Kier molecular flexibility index (Phi) is 3.52. The molecule has 1 N–H and O–H groups in total. The third-order valence-electron chi connectivity index (χ3n) is 3.90. The number of nitrogens with one attached hydrogen (secondary N) is 1. The number of hydrogen-bond acceptors (Lipinski definition) is 5. The van der Waals surface area contributed by atoms with Crippen molar-refractivity contribution in [3.8, 4) is 0 Å². The number of fused-ring (bicyclic) bond motifs is 1. The number of hydrogen-bond donors (Lipinski definition) is 1. The lowest BCUT2D eigenvalue weighted by Crippen LogP contribution is -2.28. The van der Waals surface area contributed by atoms with Gasteiger partial charge < -0.3 is 15.0 Å². The van der Waals surface area contributed by atoms with Gasteiger partial charge in [-0.2, -0.15) is 0 Å². The largest absolute Gasteiger partial charge is 0.372 e. The first-order valence-corrected chi connectivity index (χ1v) is 6.74. The highest BCUT2D eigenvalue weighted by molar-refractivity contribution is 5.76. The molecule has 0 spiro atoms. The molecule has 2 aliphatic rings. The maximum Gasteiger partial charge on any atom is 0.225 e. The number of carbonyl (C=O) groups excluding carboxylic acids is 1. The standard InChI is InChI=1S/C13H17FN4O2/c1-15-12(19)3-10-2-8-6-18(7-11(8)20-10)13-16-4-9(14)5-17-13/h4-5,8,10-11H,2-3,6-7H2,1H3,(H,15,19)/t8-,10+,11+/m1/s1. The summed E-state index contributed by atoms with van der Waals surface area (Å²) in [7, 11) is 1.63. The van der Waals surface area contributed by atoms with Crippen LogP contribution in [0.1, 0.15) is 12.8 Å². The van der Waals surface area contributed by atoms with Crippen molar-refractivity contribution in [1.29, 1.82) is 0 Å². The van der Waals surface area contributed by atoms with Crippen LogP contribution in [0.25, 0.3) is 0 Å². The molecule has 0 bridgehead atoms. The van der Waals surface area contributed by atoms with Crippen molar-refractivity contribution in [1.82, 2.24) is 15.3 Å². The van der Waals surface area contributed by atoms with Gasteiger partial charge in [-0.25, -0.2) is 14.4 Å². The molecule has 0 radical (unpaired) electrons. The molecule has 2 saturated heterocycles. The number of ether oxygens (including phenoxy) is 1. The van der Waals surface area contributed by atoms with E-state index >= 15 is 0 Å². The number of aromatic nitrogens is 2. The Labute approximate surface area is 116 Å². The van der Waals surface area contributed by atoms with Crippen LogP contribution in [0.15, 0.2) is 12.4 Å². The molecule has 2 fully saturated rings. The zero-order valence-electron chi connectivity index (χ0n) is 11.3. The molecule has 0 saturated carbocycles. The van der Waals surface area contributed by atoms with E-state index in [1.54, 1.807) is 7.05 Å². The normalized spacial score (nSPS) is 28.5. The van der Waals surface area contributed by atoms with E-state index < -0.39 is 5.82 Å². The van der Waals surface area contributed by atoms with Crippen LogP contribution in [-0.4, -0.2) is 48.2 Å².